The van der Waals surface area contributed by atoms with Gasteiger partial charge in [-0.05, 0) is 32.8 Å². The van der Waals surface area contributed by atoms with Gasteiger partial charge in [-0.3, -0.25) is 0 Å². The molecule has 0 heterocycles. The zero-order chi connectivity index (χ0) is 10.1. The summed E-state index contributed by atoms with van der Waals surface area (Å²) >= 11 is 0. The summed E-state index contributed by atoms with van der Waals surface area (Å²) < 4.78 is 0. The maximum absolute atomic E-state index is 10.0. The van der Waals surface area contributed by atoms with E-state index in [0.717, 1.165) is 12.0 Å². The first-order valence-corrected chi connectivity index (χ1v) is 4.77. The van der Waals surface area contributed by atoms with Crippen molar-refractivity contribution >= 4 is 0 Å². The Hall–Kier alpha value is -0.820. The molecule has 0 aliphatic rings. The highest BCUT2D eigenvalue weighted by Crippen LogP contribution is 2.25. The van der Waals surface area contributed by atoms with Gasteiger partial charge in [0.1, 0.15) is 0 Å². The molecular formula is C12H18O. The third-order valence-electron chi connectivity index (χ3n) is 2.53. The lowest BCUT2D eigenvalue weighted by Crippen LogP contribution is -2.19. The molecule has 13 heavy (non-hydrogen) atoms. The van der Waals surface area contributed by atoms with Crippen LogP contribution in [-0.2, 0) is 5.60 Å². The van der Waals surface area contributed by atoms with Crippen LogP contribution in [0.15, 0.2) is 18.2 Å². The molecule has 0 saturated carbocycles. The van der Waals surface area contributed by atoms with Crippen LogP contribution in [0.25, 0.3) is 0 Å². The Kier molecular flexibility index (Phi) is 2.77. The van der Waals surface area contributed by atoms with Gasteiger partial charge in [0.15, 0.2) is 0 Å². The van der Waals surface area contributed by atoms with Crippen LogP contribution in [0.2, 0.25) is 0 Å². The van der Waals surface area contributed by atoms with Crippen molar-refractivity contribution < 1.29 is 5.11 Å². The van der Waals surface area contributed by atoms with Gasteiger partial charge in [-0.2, -0.15) is 0 Å². The molecule has 0 aromatic heterocycles. The smallest absolute Gasteiger partial charge is 0.0866 e. The van der Waals surface area contributed by atoms with E-state index in [1.54, 1.807) is 0 Å². The lowest BCUT2D eigenvalue weighted by atomic mass is 9.91. The van der Waals surface area contributed by atoms with Crippen LogP contribution in [-0.4, -0.2) is 5.11 Å². The van der Waals surface area contributed by atoms with Crippen LogP contribution in [0, 0.1) is 13.8 Å². The summed E-state index contributed by atoms with van der Waals surface area (Å²) in [6.45, 7) is 7.98. The monoisotopic (exact) mass is 178 g/mol. The summed E-state index contributed by atoms with van der Waals surface area (Å²) in [5.41, 5.74) is 2.76. The van der Waals surface area contributed by atoms with Gasteiger partial charge in [0.05, 0.1) is 5.60 Å². The molecular weight excluding hydrogens is 160 g/mol. The standard InChI is InChI=1S/C12H18O/c1-5-12(4,13)11-7-9(2)6-10(3)8-11/h6-8,13H,5H2,1-4H3/t12-/m0/s1. The van der Waals surface area contributed by atoms with Crippen molar-refractivity contribution in [3.63, 3.8) is 0 Å². The van der Waals surface area contributed by atoms with E-state index in [1.165, 1.54) is 11.1 Å². The molecule has 1 atom stereocenters. The number of hydrogen-bond acceptors (Lipinski definition) is 1. The molecule has 1 aromatic rings. The van der Waals surface area contributed by atoms with E-state index in [1.807, 2.05) is 13.8 Å². The molecule has 0 bridgehead atoms. The van der Waals surface area contributed by atoms with E-state index in [-0.39, 0.29) is 0 Å². The highest BCUT2D eigenvalue weighted by atomic mass is 16.3. The Morgan fingerprint density at radius 3 is 2.00 bits per heavy atom. The summed E-state index contributed by atoms with van der Waals surface area (Å²) in [5, 5.41) is 10.0. The number of rotatable bonds is 2. The van der Waals surface area contributed by atoms with Crippen molar-refractivity contribution in [1.82, 2.24) is 0 Å². The first-order chi connectivity index (χ1) is 5.95. The maximum Gasteiger partial charge on any atom is 0.0866 e. The third-order valence-corrected chi connectivity index (χ3v) is 2.53. The molecule has 0 radical (unpaired) electrons. The minimum absolute atomic E-state index is 0.684. The highest BCUT2D eigenvalue weighted by Gasteiger charge is 2.20. The topological polar surface area (TPSA) is 20.2 Å². The van der Waals surface area contributed by atoms with Crippen LogP contribution in [0.3, 0.4) is 0 Å². The summed E-state index contributed by atoms with van der Waals surface area (Å²) in [6.07, 6.45) is 0.746. The summed E-state index contributed by atoms with van der Waals surface area (Å²) in [6, 6.07) is 6.22. The summed E-state index contributed by atoms with van der Waals surface area (Å²) in [5.74, 6) is 0. The average molecular weight is 178 g/mol. The van der Waals surface area contributed by atoms with Crippen molar-refractivity contribution in [2.24, 2.45) is 0 Å². The van der Waals surface area contributed by atoms with E-state index in [9.17, 15) is 5.11 Å². The SMILES string of the molecule is CC[C@](C)(O)c1cc(C)cc(C)c1. The van der Waals surface area contributed by atoms with Crippen LogP contribution in [0.4, 0.5) is 0 Å². The third kappa shape index (κ3) is 2.31. The first-order valence-electron chi connectivity index (χ1n) is 4.77. The van der Waals surface area contributed by atoms with Crippen LogP contribution >= 0.6 is 0 Å². The fraction of sp³-hybridized carbons (Fsp3) is 0.500. The Labute approximate surface area is 80.4 Å². The van der Waals surface area contributed by atoms with Gasteiger partial charge in [0.2, 0.25) is 0 Å². The Morgan fingerprint density at radius 1 is 1.15 bits per heavy atom. The Morgan fingerprint density at radius 2 is 1.62 bits per heavy atom. The van der Waals surface area contributed by atoms with Gasteiger partial charge >= 0.3 is 0 Å². The lowest BCUT2D eigenvalue weighted by molar-refractivity contribution is 0.0530. The quantitative estimate of drug-likeness (QED) is 0.738. The molecule has 1 nitrogen and oxygen atoms in total. The average Bonchev–Trinajstić information content (AvgIpc) is 2.02. The van der Waals surface area contributed by atoms with Crippen molar-refractivity contribution in [2.75, 3.05) is 0 Å². The Bertz CT molecular complexity index is 280. The molecule has 0 saturated heterocycles. The van der Waals surface area contributed by atoms with E-state index in [2.05, 4.69) is 32.0 Å². The van der Waals surface area contributed by atoms with E-state index < -0.39 is 5.60 Å². The largest absolute Gasteiger partial charge is 0.385 e. The number of aryl methyl sites for hydroxylation is 2. The molecule has 0 unspecified atom stereocenters. The van der Waals surface area contributed by atoms with Crippen molar-refractivity contribution in [2.45, 2.75) is 39.7 Å². The molecule has 0 fully saturated rings. The van der Waals surface area contributed by atoms with Crippen LogP contribution < -0.4 is 0 Å². The van der Waals surface area contributed by atoms with Crippen molar-refractivity contribution in [1.29, 1.82) is 0 Å². The predicted octanol–water partition coefficient (Wildman–Crippen LogP) is 2.92. The predicted molar refractivity (Wildman–Crippen MR) is 55.8 cm³/mol. The number of hydrogen-bond donors (Lipinski definition) is 1. The van der Waals surface area contributed by atoms with E-state index in [0.29, 0.717) is 0 Å². The zero-order valence-electron chi connectivity index (χ0n) is 8.89. The molecule has 1 heteroatoms. The lowest BCUT2D eigenvalue weighted by Gasteiger charge is -2.22. The Balaban J connectivity index is 3.15. The zero-order valence-corrected chi connectivity index (χ0v) is 8.89. The fourth-order valence-electron chi connectivity index (χ4n) is 1.49. The summed E-state index contributed by atoms with van der Waals surface area (Å²) in [7, 11) is 0. The molecule has 0 spiro atoms. The molecule has 1 N–H and O–H groups in total. The number of benzene rings is 1. The molecule has 0 aliphatic carbocycles. The first kappa shape index (κ1) is 10.3. The highest BCUT2D eigenvalue weighted by molar-refractivity contribution is 5.31. The van der Waals surface area contributed by atoms with Crippen LogP contribution in [0.5, 0.6) is 0 Å². The molecule has 72 valence electrons. The second-order valence-corrected chi connectivity index (χ2v) is 4.00. The molecule has 0 amide bonds. The second kappa shape index (κ2) is 3.51. The van der Waals surface area contributed by atoms with Gasteiger partial charge in [-0.25, -0.2) is 0 Å². The van der Waals surface area contributed by atoms with Crippen molar-refractivity contribution in [3.8, 4) is 0 Å². The molecule has 1 aromatic carbocycles. The number of aliphatic hydroxyl groups is 1. The van der Waals surface area contributed by atoms with Crippen LogP contribution in [0.1, 0.15) is 37.0 Å². The summed E-state index contributed by atoms with van der Waals surface area (Å²) in [4.78, 5) is 0. The van der Waals surface area contributed by atoms with Gasteiger partial charge in [0.25, 0.3) is 0 Å². The van der Waals surface area contributed by atoms with Gasteiger partial charge in [-0.15, -0.1) is 0 Å². The molecule has 0 aliphatic heterocycles. The van der Waals surface area contributed by atoms with E-state index >= 15 is 0 Å². The minimum Gasteiger partial charge on any atom is -0.385 e. The van der Waals surface area contributed by atoms with Crippen molar-refractivity contribution in [3.05, 3.63) is 34.9 Å². The fourth-order valence-corrected chi connectivity index (χ4v) is 1.49. The normalized spacial score (nSPS) is 15.5. The second-order valence-electron chi connectivity index (χ2n) is 4.00. The van der Waals surface area contributed by atoms with E-state index in [4.69, 9.17) is 0 Å². The maximum atomic E-state index is 10.0. The minimum atomic E-state index is -0.684. The van der Waals surface area contributed by atoms with Gasteiger partial charge < -0.3 is 5.11 Å². The molecule has 1 rings (SSSR count). The van der Waals surface area contributed by atoms with Gasteiger partial charge in [0, 0.05) is 0 Å². The van der Waals surface area contributed by atoms with Gasteiger partial charge in [-0.1, -0.05) is 36.2 Å².